The van der Waals surface area contributed by atoms with Crippen molar-refractivity contribution in [2.75, 3.05) is 11.9 Å². The van der Waals surface area contributed by atoms with Gasteiger partial charge in [-0.05, 0) is 40.5 Å². The molecular weight excluding hydrogens is 328 g/mol. The van der Waals surface area contributed by atoms with Crippen molar-refractivity contribution < 1.29 is 4.74 Å². The van der Waals surface area contributed by atoms with Crippen LogP contribution < -0.4 is 10.1 Å². The Kier molecular flexibility index (Phi) is 5.05. The van der Waals surface area contributed by atoms with Crippen LogP contribution in [0.3, 0.4) is 0 Å². The van der Waals surface area contributed by atoms with Crippen molar-refractivity contribution >= 4 is 33.2 Å². The van der Waals surface area contributed by atoms with Crippen LogP contribution in [0, 0.1) is 0 Å². The normalized spacial score (nSPS) is 10.3. The van der Waals surface area contributed by atoms with Gasteiger partial charge in [0.25, 0.3) is 0 Å². The van der Waals surface area contributed by atoms with Crippen LogP contribution in [-0.4, -0.2) is 11.5 Å². The van der Waals surface area contributed by atoms with Crippen LogP contribution in [-0.2, 0) is 0 Å². The average molecular weight is 342 g/mol. The predicted octanol–water partition coefficient (Wildman–Crippen LogP) is 5.11. The fraction of sp³-hybridized carbons (Fsp3) is 0.214. The first kappa shape index (κ1) is 14.2. The molecule has 0 saturated heterocycles. The summed E-state index contributed by atoms with van der Waals surface area (Å²) in [7, 11) is 0. The molecule has 0 unspecified atom stereocenters. The van der Waals surface area contributed by atoms with E-state index in [1.807, 2.05) is 12.1 Å². The SMILES string of the molecule is CCCNc1cncc(Oc2ccc(Cl)cc2Br)c1. The Morgan fingerprint density at radius 3 is 2.89 bits per heavy atom. The van der Waals surface area contributed by atoms with Gasteiger partial charge in [-0.3, -0.25) is 4.98 Å². The van der Waals surface area contributed by atoms with Crippen LogP contribution in [0.4, 0.5) is 5.69 Å². The van der Waals surface area contributed by atoms with Crippen LogP contribution in [0.5, 0.6) is 11.5 Å². The van der Waals surface area contributed by atoms with Gasteiger partial charge in [-0.15, -0.1) is 0 Å². The lowest BCUT2D eigenvalue weighted by molar-refractivity contribution is 0.477. The van der Waals surface area contributed by atoms with E-state index < -0.39 is 0 Å². The monoisotopic (exact) mass is 340 g/mol. The number of hydrogen-bond donors (Lipinski definition) is 1. The highest BCUT2D eigenvalue weighted by molar-refractivity contribution is 9.10. The van der Waals surface area contributed by atoms with Crippen molar-refractivity contribution in [1.82, 2.24) is 4.98 Å². The first-order chi connectivity index (χ1) is 9.19. The zero-order valence-electron chi connectivity index (χ0n) is 10.5. The predicted molar refractivity (Wildman–Crippen MR) is 82.2 cm³/mol. The largest absolute Gasteiger partial charge is 0.454 e. The van der Waals surface area contributed by atoms with Crippen molar-refractivity contribution in [3.8, 4) is 11.5 Å². The first-order valence-corrected chi connectivity index (χ1v) is 7.18. The van der Waals surface area contributed by atoms with E-state index in [0.29, 0.717) is 16.5 Å². The summed E-state index contributed by atoms with van der Waals surface area (Å²) in [6.45, 7) is 3.03. The summed E-state index contributed by atoms with van der Waals surface area (Å²) in [5.74, 6) is 1.39. The maximum absolute atomic E-state index is 5.89. The number of nitrogens with zero attached hydrogens (tertiary/aromatic N) is 1. The lowest BCUT2D eigenvalue weighted by atomic mass is 10.3. The number of nitrogens with one attached hydrogen (secondary N) is 1. The lowest BCUT2D eigenvalue weighted by Crippen LogP contribution is -2.00. The van der Waals surface area contributed by atoms with Crippen LogP contribution in [0.25, 0.3) is 0 Å². The molecule has 0 aliphatic rings. The number of rotatable bonds is 5. The molecule has 0 amide bonds. The van der Waals surface area contributed by atoms with E-state index >= 15 is 0 Å². The highest BCUT2D eigenvalue weighted by Crippen LogP contribution is 2.32. The van der Waals surface area contributed by atoms with Gasteiger partial charge >= 0.3 is 0 Å². The van der Waals surface area contributed by atoms with Crippen molar-refractivity contribution in [1.29, 1.82) is 0 Å². The Labute approximate surface area is 126 Å². The van der Waals surface area contributed by atoms with Gasteiger partial charge in [0, 0.05) is 17.6 Å². The Bertz CT molecular complexity index is 563. The molecule has 2 rings (SSSR count). The van der Waals surface area contributed by atoms with Crippen LogP contribution in [0.1, 0.15) is 13.3 Å². The van der Waals surface area contributed by atoms with Crippen molar-refractivity contribution in [3.63, 3.8) is 0 Å². The Hall–Kier alpha value is -1.26. The molecule has 0 bridgehead atoms. The fourth-order valence-electron chi connectivity index (χ4n) is 1.53. The Balaban J connectivity index is 2.14. The molecule has 19 heavy (non-hydrogen) atoms. The molecule has 100 valence electrons. The molecule has 1 N–H and O–H groups in total. The number of aromatic nitrogens is 1. The summed E-state index contributed by atoms with van der Waals surface area (Å²) < 4.78 is 6.59. The summed E-state index contributed by atoms with van der Waals surface area (Å²) in [6, 6.07) is 7.32. The fourth-order valence-corrected chi connectivity index (χ4v) is 2.29. The summed E-state index contributed by atoms with van der Waals surface area (Å²) in [6.07, 6.45) is 4.52. The molecule has 0 spiro atoms. The van der Waals surface area contributed by atoms with E-state index in [4.69, 9.17) is 16.3 Å². The average Bonchev–Trinajstić information content (AvgIpc) is 2.40. The second-order valence-corrected chi connectivity index (χ2v) is 5.30. The third-order valence-corrected chi connectivity index (χ3v) is 3.27. The highest BCUT2D eigenvalue weighted by atomic mass is 79.9. The van der Waals surface area contributed by atoms with Gasteiger partial charge < -0.3 is 10.1 Å². The summed E-state index contributed by atoms with van der Waals surface area (Å²) in [5, 5.41) is 3.93. The van der Waals surface area contributed by atoms with Crippen molar-refractivity contribution in [2.24, 2.45) is 0 Å². The number of ether oxygens (including phenoxy) is 1. The summed E-state index contributed by atoms with van der Waals surface area (Å²) in [5.41, 5.74) is 0.949. The third kappa shape index (κ3) is 4.11. The molecule has 1 aromatic heterocycles. The van der Waals surface area contributed by atoms with E-state index in [1.165, 1.54) is 0 Å². The third-order valence-electron chi connectivity index (χ3n) is 2.41. The Morgan fingerprint density at radius 2 is 2.16 bits per heavy atom. The van der Waals surface area contributed by atoms with Gasteiger partial charge in [0.2, 0.25) is 0 Å². The van der Waals surface area contributed by atoms with Gasteiger partial charge in [0.1, 0.15) is 11.5 Å². The molecule has 0 radical (unpaired) electrons. The minimum atomic E-state index is 0.663. The molecule has 0 aliphatic heterocycles. The minimum absolute atomic E-state index is 0.663. The van der Waals surface area contributed by atoms with Crippen LogP contribution in [0.15, 0.2) is 41.1 Å². The van der Waals surface area contributed by atoms with Gasteiger partial charge in [0.15, 0.2) is 0 Å². The van der Waals surface area contributed by atoms with Gasteiger partial charge in [-0.2, -0.15) is 0 Å². The molecule has 3 nitrogen and oxygen atoms in total. The number of halogens is 2. The quantitative estimate of drug-likeness (QED) is 0.820. The standard InChI is InChI=1S/C14H14BrClN2O/c1-2-5-18-11-7-12(9-17-8-11)19-14-4-3-10(16)6-13(14)15/h3-4,6-9,18H,2,5H2,1H3. The molecule has 0 saturated carbocycles. The maximum atomic E-state index is 5.89. The lowest BCUT2D eigenvalue weighted by Gasteiger charge is -2.09. The minimum Gasteiger partial charge on any atom is -0.454 e. The molecule has 0 aliphatic carbocycles. The molecule has 1 aromatic carbocycles. The van der Waals surface area contributed by atoms with Crippen LogP contribution >= 0.6 is 27.5 Å². The number of hydrogen-bond acceptors (Lipinski definition) is 3. The van der Waals surface area contributed by atoms with Crippen LogP contribution in [0.2, 0.25) is 5.02 Å². The highest BCUT2D eigenvalue weighted by Gasteiger charge is 2.04. The first-order valence-electron chi connectivity index (χ1n) is 6.01. The van der Waals surface area contributed by atoms with E-state index in [1.54, 1.807) is 24.5 Å². The van der Waals surface area contributed by atoms with Crippen molar-refractivity contribution in [3.05, 3.63) is 46.2 Å². The number of benzene rings is 1. The molecule has 2 aromatic rings. The molecule has 0 atom stereocenters. The van der Waals surface area contributed by atoms with Gasteiger partial charge in [0.05, 0.1) is 22.6 Å². The summed E-state index contributed by atoms with van der Waals surface area (Å²) >= 11 is 9.31. The Morgan fingerprint density at radius 1 is 1.32 bits per heavy atom. The van der Waals surface area contributed by atoms with Crippen molar-refractivity contribution in [2.45, 2.75) is 13.3 Å². The second kappa shape index (κ2) is 6.78. The number of anilines is 1. The smallest absolute Gasteiger partial charge is 0.147 e. The van der Waals surface area contributed by atoms with Gasteiger partial charge in [-0.25, -0.2) is 0 Å². The molecular formula is C14H14BrClN2O. The maximum Gasteiger partial charge on any atom is 0.147 e. The second-order valence-electron chi connectivity index (χ2n) is 4.01. The molecule has 1 heterocycles. The zero-order valence-corrected chi connectivity index (χ0v) is 12.8. The van der Waals surface area contributed by atoms with Gasteiger partial charge in [-0.1, -0.05) is 18.5 Å². The summed E-state index contributed by atoms with van der Waals surface area (Å²) in [4.78, 5) is 4.15. The molecule has 5 heteroatoms. The van der Waals surface area contributed by atoms with E-state index in [-0.39, 0.29) is 0 Å². The molecule has 0 fully saturated rings. The topological polar surface area (TPSA) is 34.2 Å². The van der Waals surface area contributed by atoms with E-state index in [2.05, 4.69) is 33.2 Å². The van der Waals surface area contributed by atoms with E-state index in [9.17, 15) is 0 Å². The van der Waals surface area contributed by atoms with E-state index in [0.717, 1.165) is 23.1 Å². The zero-order chi connectivity index (χ0) is 13.7. The number of pyridine rings is 1.